The Labute approximate surface area is 172 Å². The minimum Gasteiger partial charge on any atom is -0.325 e. The lowest BCUT2D eigenvalue weighted by Crippen LogP contribution is -2.23. The number of thiazole rings is 1. The number of hydrogen-bond acceptors (Lipinski definition) is 6. The van der Waals surface area contributed by atoms with Gasteiger partial charge < -0.3 is 5.32 Å². The molecule has 6 nitrogen and oxygen atoms in total. The van der Waals surface area contributed by atoms with Crippen LogP contribution in [0.1, 0.15) is 16.8 Å². The molecule has 0 fully saturated rings. The van der Waals surface area contributed by atoms with E-state index in [0.717, 1.165) is 25.3 Å². The zero-order chi connectivity index (χ0) is 20.5. The molecule has 0 radical (unpaired) electrons. The van der Waals surface area contributed by atoms with Crippen molar-refractivity contribution in [3.8, 4) is 9.88 Å². The molecule has 1 N–H and O–H groups in total. The van der Waals surface area contributed by atoms with E-state index < -0.39 is 10.0 Å². The van der Waals surface area contributed by atoms with Gasteiger partial charge in [-0.2, -0.15) is 0 Å². The van der Waals surface area contributed by atoms with Crippen LogP contribution in [-0.2, 0) is 21.2 Å². The van der Waals surface area contributed by atoms with Crippen molar-refractivity contribution in [2.24, 2.45) is 0 Å². The molecule has 1 amide bonds. The van der Waals surface area contributed by atoms with Crippen molar-refractivity contribution in [2.45, 2.75) is 25.2 Å². The van der Waals surface area contributed by atoms with Gasteiger partial charge in [-0.15, -0.1) is 22.7 Å². The first-order valence-electron chi connectivity index (χ1n) is 8.50. The van der Waals surface area contributed by atoms with Crippen LogP contribution in [0.25, 0.3) is 9.88 Å². The van der Waals surface area contributed by atoms with Crippen LogP contribution in [0.2, 0.25) is 0 Å². The summed E-state index contributed by atoms with van der Waals surface area (Å²) in [5, 5.41) is 7.60. The van der Waals surface area contributed by atoms with E-state index >= 15 is 0 Å². The fourth-order valence-corrected chi connectivity index (χ4v) is 5.22. The topological polar surface area (TPSA) is 79.4 Å². The summed E-state index contributed by atoms with van der Waals surface area (Å²) in [4.78, 5) is 18.3. The number of rotatable bonds is 6. The van der Waals surface area contributed by atoms with E-state index in [4.69, 9.17) is 0 Å². The number of sulfonamides is 1. The van der Waals surface area contributed by atoms with Crippen molar-refractivity contribution in [3.05, 3.63) is 51.8 Å². The number of nitrogens with one attached hydrogen (secondary N) is 1. The molecule has 9 heteroatoms. The Hall–Kier alpha value is -2.07. The molecule has 0 spiro atoms. The highest BCUT2D eigenvalue weighted by Gasteiger charge is 2.20. The molecular formula is C19H21N3O3S3. The van der Waals surface area contributed by atoms with Gasteiger partial charge in [-0.05, 0) is 48.6 Å². The summed E-state index contributed by atoms with van der Waals surface area (Å²) in [6.07, 6.45) is 0.130. The minimum atomic E-state index is -3.58. The number of thiophene rings is 1. The summed E-state index contributed by atoms with van der Waals surface area (Å²) in [5.41, 5.74) is 2.83. The van der Waals surface area contributed by atoms with E-state index in [2.05, 4.69) is 10.3 Å². The zero-order valence-electron chi connectivity index (χ0n) is 16.0. The third-order valence-electron chi connectivity index (χ3n) is 4.32. The van der Waals surface area contributed by atoms with Gasteiger partial charge in [0.05, 0.1) is 21.9 Å². The van der Waals surface area contributed by atoms with Gasteiger partial charge in [0.25, 0.3) is 0 Å². The summed E-state index contributed by atoms with van der Waals surface area (Å²) >= 11 is 3.11. The van der Waals surface area contributed by atoms with Crippen LogP contribution < -0.4 is 5.32 Å². The van der Waals surface area contributed by atoms with Crippen LogP contribution in [0.15, 0.2) is 39.9 Å². The standard InChI is InChI=1S/C19H21N3O3S3/c1-12-8-15(28(24,25)22(3)4)10-16(13(12)2)21-18(23)9-14-11-27-19(20-14)17-6-5-7-26-17/h5-8,10-11H,9H2,1-4H3,(H,21,23). The number of hydrogen-bond donors (Lipinski definition) is 1. The lowest BCUT2D eigenvalue weighted by molar-refractivity contribution is -0.115. The molecule has 3 aromatic rings. The molecule has 2 aromatic heterocycles. The van der Waals surface area contributed by atoms with Crippen LogP contribution in [0, 0.1) is 13.8 Å². The Morgan fingerprint density at radius 2 is 1.96 bits per heavy atom. The second-order valence-electron chi connectivity index (χ2n) is 6.55. The predicted molar refractivity (Wildman–Crippen MR) is 115 cm³/mol. The predicted octanol–water partition coefficient (Wildman–Crippen LogP) is 3.92. The molecule has 1 aromatic carbocycles. The first kappa shape index (κ1) is 20.7. The average Bonchev–Trinajstić information content (AvgIpc) is 3.29. The summed E-state index contributed by atoms with van der Waals surface area (Å²) in [7, 11) is -0.618. The fraction of sp³-hybridized carbons (Fsp3) is 0.263. The number of benzene rings is 1. The minimum absolute atomic E-state index is 0.130. The van der Waals surface area contributed by atoms with E-state index in [1.54, 1.807) is 17.4 Å². The maximum atomic E-state index is 12.5. The molecule has 0 unspecified atom stereocenters. The van der Waals surface area contributed by atoms with Crippen molar-refractivity contribution < 1.29 is 13.2 Å². The Bertz CT molecular complexity index is 1100. The molecule has 0 saturated heterocycles. The highest BCUT2D eigenvalue weighted by atomic mass is 32.2. The number of nitrogens with zero attached hydrogens (tertiary/aromatic N) is 2. The number of aromatic nitrogens is 1. The van der Waals surface area contributed by atoms with Crippen molar-refractivity contribution in [1.82, 2.24) is 9.29 Å². The molecule has 3 rings (SSSR count). The first-order chi connectivity index (χ1) is 13.2. The summed E-state index contributed by atoms with van der Waals surface area (Å²) in [6.45, 7) is 3.68. The molecule has 0 aliphatic carbocycles. The summed E-state index contributed by atoms with van der Waals surface area (Å²) < 4.78 is 26.0. The zero-order valence-corrected chi connectivity index (χ0v) is 18.5. The molecule has 28 heavy (non-hydrogen) atoms. The van der Waals surface area contributed by atoms with Gasteiger partial charge in [0, 0.05) is 25.2 Å². The van der Waals surface area contributed by atoms with Gasteiger partial charge in [0.15, 0.2) is 0 Å². The van der Waals surface area contributed by atoms with E-state index in [1.165, 1.54) is 31.5 Å². The number of carbonyl (C=O) groups is 1. The lowest BCUT2D eigenvalue weighted by atomic mass is 10.1. The van der Waals surface area contributed by atoms with Crippen LogP contribution in [0.4, 0.5) is 5.69 Å². The highest BCUT2D eigenvalue weighted by molar-refractivity contribution is 7.89. The number of amides is 1. The van der Waals surface area contributed by atoms with E-state index in [1.807, 2.05) is 36.7 Å². The van der Waals surface area contributed by atoms with Crippen LogP contribution >= 0.6 is 22.7 Å². The van der Waals surface area contributed by atoms with Crippen molar-refractivity contribution in [1.29, 1.82) is 0 Å². The van der Waals surface area contributed by atoms with Crippen molar-refractivity contribution in [2.75, 3.05) is 19.4 Å². The van der Waals surface area contributed by atoms with Gasteiger partial charge in [-0.25, -0.2) is 17.7 Å². The number of aryl methyl sites for hydroxylation is 1. The van der Waals surface area contributed by atoms with E-state index in [-0.39, 0.29) is 17.2 Å². The lowest BCUT2D eigenvalue weighted by Gasteiger charge is -2.16. The second-order valence-corrected chi connectivity index (χ2v) is 10.5. The fourth-order valence-electron chi connectivity index (χ4n) is 2.58. The van der Waals surface area contributed by atoms with Gasteiger partial charge in [-0.1, -0.05) is 6.07 Å². The van der Waals surface area contributed by atoms with Crippen LogP contribution in [0.5, 0.6) is 0 Å². The maximum Gasteiger partial charge on any atom is 0.242 e. The number of anilines is 1. The summed E-state index contributed by atoms with van der Waals surface area (Å²) in [6, 6.07) is 7.09. The third-order valence-corrected chi connectivity index (χ3v) is 8.04. The normalized spacial score (nSPS) is 11.8. The molecule has 0 saturated carbocycles. The Morgan fingerprint density at radius 1 is 1.21 bits per heavy atom. The monoisotopic (exact) mass is 435 g/mol. The molecule has 0 atom stereocenters. The Balaban J connectivity index is 1.79. The molecule has 0 aliphatic rings. The molecule has 148 valence electrons. The van der Waals surface area contributed by atoms with E-state index in [9.17, 15) is 13.2 Å². The first-order valence-corrected chi connectivity index (χ1v) is 11.7. The number of carbonyl (C=O) groups excluding carboxylic acids is 1. The quantitative estimate of drug-likeness (QED) is 0.636. The van der Waals surface area contributed by atoms with Crippen LogP contribution in [0.3, 0.4) is 0 Å². The highest BCUT2D eigenvalue weighted by Crippen LogP contribution is 2.29. The van der Waals surface area contributed by atoms with Gasteiger partial charge >= 0.3 is 0 Å². The maximum absolute atomic E-state index is 12.5. The van der Waals surface area contributed by atoms with E-state index in [0.29, 0.717) is 11.4 Å². The summed E-state index contributed by atoms with van der Waals surface area (Å²) in [5.74, 6) is -0.232. The van der Waals surface area contributed by atoms with Crippen LogP contribution in [-0.4, -0.2) is 37.7 Å². The smallest absolute Gasteiger partial charge is 0.242 e. The van der Waals surface area contributed by atoms with Gasteiger partial charge in [0.1, 0.15) is 5.01 Å². The largest absolute Gasteiger partial charge is 0.325 e. The van der Waals surface area contributed by atoms with Crippen molar-refractivity contribution in [3.63, 3.8) is 0 Å². The van der Waals surface area contributed by atoms with Crippen molar-refractivity contribution >= 4 is 44.3 Å². The second kappa shape index (κ2) is 8.12. The molecular weight excluding hydrogens is 414 g/mol. The molecule has 2 heterocycles. The molecule has 0 aliphatic heterocycles. The van der Waals surface area contributed by atoms with Gasteiger partial charge in [-0.3, -0.25) is 4.79 Å². The SMILES string of the molecule is Cc1cc(S(=O)(=O)N(C)C)cc(NC(=O)Cc2csc(-c3cccs3)n2)c1C. The Morgan fingerprint density at radius 3 is 2.61 bits per heavy atom. The third kappa shape index (κ3) is 4.33. The average molecular weight is 436 g/mol. The van der Waals surface area contributed by atoms with Gasteiger partial charge in [0.2, 0.25) is 15.9 Å². The Kier molecular flexibility index (Phi) is 5.99. The molecule has 0 bridgehead atoms.